The van der Waals surface area contributed by atoms with Crippen molar-refractivity contribution in [2.45, 2.75) is 6.54 Å². The Labute approximate surface area is 159 Å². The van der Waals surface area contributed by atoms with Crippen LogP contribution in [0.25, 0.3) is 11.3 Å². The molecule has 0 unspecified atom stereocenters. The van der Waals surface area contributed by atoms with Gasteiger partial charge in [0.2, 0.25) is 0 Å². The molecule has 0 bridgehead atoms. The van der Waals surface area contributed by atoms with Gasteiger partial charge in [-0.2, -0.15) is 5.26 Å². The van der Waals surface area contributed by atoms with Crippen LogP contribution in [0, 0.1) is 11.3 Å². The van der Waals surface area contributed by atoms with Crippen LogP contribution in [-0.4, -0.2) is 16.2 Å². The highest BCUT2D eigenvalue weighted by Gasteiger charge is 2.15. The van der Waals surface area contributed by atoms with Gasteiger partial charge in [-0.25, -0.2) is 4.98 Å². The molecule has 0 amide bonds. The number of benzene rings is 1. The standard InChI is InChI=1S/C19H15BrN6/c20-16-15(11-24-10-14-6-1-2-7-25-14)17(22)19(23)26-18(16)13-5-3-4-12(8-13)9-21/h1-8,11H,10,22H2,(H2,23,26). The quantitative estimate of drug-likeness (QED) is 0.642. The zero-order valence-corrected chi connectivity index (χ0v) is 15.3. The third-order valence-electron chi connectivity index (χ3n) is 3.71. The lowest BCUT2D eigenvalue weighted by Crippen LogP contribution is -2.05. The maximum atomic E-state index is 9.10. The number of halogens is 1. The Morgan fingerprint density at radius 3 is 2.77 bits per heavy atom. The molecule has 0 fully saturated rings. The lowest BCUT2D eigenvalue weighted by molar-refractivity contribution is 0.995. The summed E-state index contributed by atoms with van der Waals surface area (Å²) in [6.07, 6.45) is 3.38. The van der Waals surface area contributed by atoms with E-state index in [-0.39, 0.29) is 5.82 Å². The summed E-state index contributed by atoms with van der Waals surface area (Å²) in [6, 6.07) is 14.9. The lowest BCUT2D eigenvalue weighted by atomic mass is 10.1. The number of nitrogens with two attached hydrogens (primary N) is 2. The Morgan fingerprint density at radius 2 is 2.04 bits per heavy atom. The van der Waals surface area contributed by atoms with Gasteiger partial charge in [-0.15, -0.1) is 0 Å². The van der Waals surface area contributed by atoms with Gasteiger partial charge in [0, 0.05) is 23.5 Å². The lowest BCUT2D eigenvalue weighted by Gasteiger charge is -2.12. The van der Waals surface area contributed by atoms with Gasteiger partial charge in [0.1, 0.15) is 5.82 Å². The maximum absolute atomic E-state index is 9.10. The highest BCUT2D eigenvalue weighted by molar-refractivity contribution is 9.10. The molecule has 2 heterocycles. The van der Waals surface area contributed by atoms with Crippen molar-refractivity contribution < 1.29 is 0 Å². The molecule has 0 atom stereocenters. The van der Waals surface area contributed by atoms with Crippen LogP contribution in [0.4, 0.5) is 11.5 Å². The molecule has 0 aliphatic rings. The molecule has 128 valence electrons. The summed E-state index contributed by atoms with van der Waals surface area (Å²) in [6.45, 7) is 0.425. The summed E-state index contributed by atoms with van der Waals surface area (Å²) < 4.78 is 0.670. The van der Waals surface area contributed by atoms with Crippen LogP contribution in [0.3, 0.4) is 0 Å². The van der Waals surface area contributed by atoms with Crippen LogP contribution < -0.4 is 11.5 Å². The fourth-order valence-electron chi connectivity index (χ4n) is 2.39. The van der Waals surface area contributed by atoms with E-state index in [0.29, 0.717) is 33.5 Å². The van der Waals surface area contributed by atoms with Crippen LogP contribution in [0.15, 0.2) is 58.1 Å². The Kier molecular flexibility index (Phi) is 5.25. The van der Waals surface area contributed by atoms with Crippen LogP contribution in [0.2, 0.25) is 0 Å². The molecule has 3 rings (SSSR count). The summed E-state index contributed by atoms with van der Waals surface area (Å²) in [5.74, 6) is 0.213. The van der Waals surface area contributed by atoms with E-state index in [1.54, 1.807) is 30.6 Å². The third kappa shape index (κ3) is 3.71. The van der Waals surface area contributed by atoms with Gasteiger partial charge in [-0.1, -0.05) is 18.2 Å². The average molecular weight is 407 g/mol. The second-order valence-electron chi connectivity index (χ2n) is 5.47. The van der Waals surface area contributed by atoms with Crippen molar-refractivity contribution in [3.63, 3.8) is 0 Å². The molecule has 0 aliphatic heterocycles. The van der Waals surface area contributed by atoms with Crippen molar-refractivity contribution in [2.24, 2.45) is 4.99 Å². The summed E-state index contributed by atoms with van der Waals surface area (Å²) in [7, 11) is 0. The number of anilines is 2. The summed E-state index contributed by atoms with van der Waals surface area (Å²) in [5, 5.41) is 9.10. The fraction of sp³-hybridized carbons (Fsp3) is 0.0526. The molecule has 4 N–H and O–H groups in total. The van der Waals surface area contributed by atoms with E-state index in [1.807, 2.05) is 24.3 Å². The molecule has 0 radical (unpaired) electrons. The summed E-state index contributed by atoms with van der Waals surface area (Å²) in [4.78, 5) is 13.0. The molecule has 6 nitrogen and oxygen atoms in total. The highest BCUT2D eigenvalue weighted by Crippen LogP contribution is 2.34. The number of rotatable bonds is 4. The SMILES string of the molecule is N#Cc1cccc(-c2nc(N)c(N)c(C=NCc3ccccn3)c2Br)c1. The number of nitrogens with zero attached hydrogens (tertiary/aromatic N) is 4. The second-order valence-corrected chi connectivity index (χ2v) is 6.26. The molecule has 0 spiro atoms. The first-order valence-electron chi connectivity index (χ1n) is 7.75. The van der Waals surface area contributed by atoms with E-state index in [2.05, 4.69) is 37.0 Å². The zero-order valence-electron chi connectivity index (χ0n) is 13.7. The summed E-state index contributed by atoms with van der Waals surface area (Å²) in [5.41, 5.74) is 15.8. The van der Waals surface area contributed by atoms with Gasteiger partial charge in [-0.05, 0) is 40.2 Å². The third-order valence-corrected chi connectivity index (χ3v) is 4.51. The predicted octanol–water partition coefficient (Wildman–Crippen LogP) is 3.56. The van der Waals surface area contributed by atoms with Crippen LogP contribution in [-0.2, 0) is 6.54 Å². The minimum absolute atomic E-state index is 0.213. The fourth-order valence-corrected chi connectivity index (χ4v) is 3.02. The number of aromatic nitrogens is 2. The van der Waals surface area contributed by atoms with Gasteiger partial charge in [-0.3, -0.25) is 9.98 Å². The number of hydrogen-bond donors (Lipinski definition) is 2. The Balaban J connectivity index is 2.00. The van der Waals surface area contributed by atoms with Crippen molar-refractivity contribution in [1.29, 1.82) is 5.26 Å². The monoisotopic (exact) mass is 406 g/mol. The first-order chi connectivity index (χ1) is 12.6. The summed E-state index contributed by atoms with van der Waals surface area (Å²) >= 11 is 3.55. The number of pyridine rings is 2. The molecule has 0 saturated heterocycles. The number of nitrogen functional groups attached to an aromatic ring is 2. The first kappa shape index (κ1) is 17.6. The van der Waals surface area contributed by atoms with Gasteiger partial charge in [0.15, 0.2) is 0 Å². The van der Waals surface area contributed by atoms with Crippen molar-refractivity contribution in [1.82, 2.24) is 9.97 Å². The topological polar surface area (TPSA) is 114 Å². The van der Waals surface area contributed by atoms with Gasteiger partial charge in [0.25, 0.3) is 0 Å². The molecular formula is C19H15BrN6. The zero-order chi connectivity index (χ0) is 18.5. The second kappa shape index (κ2) is 7.76. The molecule has 0 saturated carbocycles. The molecule has 26 heavy (non-hydrogen) atoms. The van der Waals surface area contributed by atoms with E-state index < -0.39 is 0 Å². The largest absolute Gasteiger partial charge is 0.395 e. The molecular weight excluding hydrogens is 392 g/mol. The van der Waals surface area contributed by atoms with E-state index in [4.69, 9.17) is 16.7 Å². The van der Waals surface area contributed by atoms with Crippen molar-refractivity contribution in [3.05, 3.63) is 70.0 Å². The minimum Gasteiger partial charge on any atom is -0.395 e. The van der Waals surface area contributed by atoms with Crippen LogP contribution in [0.5, 0.6) is 0 Å². The van der Waals surface area contributed by atoms with E-state index >= 15 is 0 Å². The van der Waals surface area contributed by atoms with Crippen molar-refractivity contribution in [3.8, 4) is 17.3 Å². The van der Waals surface area contributed by atoms with Crippen LogP contribution in [0.1, 0.15) is 16.8 Å². The average Bonchev–Trinajstić information content (AvgIpc) is 2.68. The van der Waals surface area contributed by atoms with Gasteiger partial charge in [0.05, 0.1) is 39.7 Å². The molecule has 7 heteroatoms. The Morgan fingerprint density at radius 1 is 1.19 bits per heavy atom. The van der Waals surface area contributed by atoms with Crippen molar-refractivity contribution in [2.75, 3.05) is 11.5 Å². The molecule has 1 aromatic carbocycles. The molecule has 2 aromatic heterocycles. The Hall–Kier alpha value is -3.24. The number of hydrogen-bond acceptors (Lipinski definition) is 6. The Bertz CT molecular complexity index is 1010. The van der Waals surface area contributed by atoms with E-state index in [0.717, 1.165) is 11.3 Å². The van der Waals surface area contributed by atoms with Crippen molar-refractivity contribution >= 4 is 33.6 Å². The highest BCUT2D eigenvalue weighted by atomic mass is 79.9. The predicted molar refractivity (Wildman–Crippen MR) is 106 cm³/mol. The van der Waals surface area contributed by atoms with E-state index in [1.165, 1.54) is 0 Å². The normalized spacial score (nSPS) is 10.8. The molecule has 3 aromatic rings. The van der Waals surface area contributed by atoms with Gasteiger partial charge >= 0.3 is 0 Å². The minimum atomic E-state index is 0.213. The maximum Gasteiger partial charge on any atom is 0.148 e. The molecule has 0 aliphatic carbocycles. The van der Waals surface area contributed by atoms with Crippen LogP contribution >= 0.6 is 15.9 Å². The van der Waals surface area contributed by atoms with Gasteiger partial charge < -0.3 is 11.5 Å². The number of nitriles is 1. The number of aliphatic imine (C=N–C) groups is 1. The van der Waals surface area contributed by atoms with E-state index in [9.17, 15) is 0 Å². The smallest absolute Gasteiger partial charge is 0.148 e. The first-order valence-corrected chi connectivity index (χ1v) is 8.54.